The molecule has 5 nitrogen and oxygen atoms in total. The first-order valence-electron chi connectivity index (χ1n) is 10.0. The highest BCUT2D eigenvalue weighted by molar-refractivity contribution is 7.26. The van der Waals surface area contributed by atoms with E-state index >= 15 is 0 Å². The van der Waals surface area contributed by atoms with Gasteiger partial charge in [0.15, 0.2) is 0 Å². The fourth-order valence-corrected chi connectivity index (χ4v) is 4.86. The van der Waals surface area contributed by atoms with Crippen LogP contribution in [0.15, 0.2) is 36.5 Å². The molecule has 1 fully saturated rings. The minimum Gasteiger partial charge on any atom is -0.386 e. The predicted molar refractivity (Wildman–Crippen MR) is 118 cm³/mol. The van der Waals surface area contributed by atoms with Crippen LogP contribution in [0.5, 0.6) is 0 Å². The zero-order valence-electron chi connectivity index (χ0n) is 16.9. The summed E-state index contributed by atoms with van der Waals surface area (Å²) in [5.41, 5.74) is 2.29. The molecule has 0 amide bonds. The van der Waals surface area contributed by atoms with Gasteiger partial charge in [-0.05, 0) is 50.8 Å². The highest BCUT2D eigenvalue weighted by atomic mass is 32.1. The Morgan fingerprint density at radius 3 is 2.59 bits per heavy atom. The molecule has 1 aromatic carbocycles. The van der Waals surface area contributed by atoms with E-state index in [-0.39, 0.29) is 0 Å². The highest BCUT2D eigenvalue weighted by Crippen LogP contribution is 2.42. The minimum absolute atomic E-state index is 0.547. The van der Waals surface area contributed by atoms with Gasteiger partial charge in [-0.2, -0.15) is 0 Å². The topological polar surface area (TPSA) is 70.9 Å². The molecular weight excluding hydrogens is 380 g/mol. The van der Waals surface area contributed by atoms with Crippen molar-refractivity contribution >= 4 is 37.5 Å². The van der Waals surface area contributed by atoms with Crippen LogP contribution >= 0.6 is 11.3 Å². The lowest BCUT2D eigenvalue weighted by Gasteiger charge is -2.18. The molecule has 29 heavy (non-hydrogen) atoms. The van der Waals surface area contributed by atoms with Crippen LogP contribution in [0.2, 0.25) is 0 Å². The quantitative estimate of drug-likeness (QED) is 0.474. The van der Waals surface area contributed by atoms with E-state index in [4.69, 9.17) is 9.97 Å². The molecule has 6 heteroatoms. The Balaban J connectivity index is 1.46. The summed E-state index contributed by atoms with van der Waals surface area (Å²) in [6, 6.07) is 10.1. The van der Waals surface area contributed by atoms with Crippen LogP contribution < -0.4 is 5.32 Å². The normalized spacial score (nSPS) is 14.6. The van der Waals surface area contributed by atoms with Gasteiger partial charge in [-0.1, -0.05) is 24.3 Å². The summed E-state index contributed by atoms with van der Waals surface area (Å²) in [6.45, 7) is 6.35. The zero-order chi connectivity index (χ0) is 20.2. The molecule has 2 N–H and O–H groups in total. The molecule has 1 saturated carbocycles. The van der Waals surface area contributed by atoms with E-state index in [9.17, 15) is 5.11 Å². The molecule has 0 spiro atoms. The van der Waals surface area contributed by atoms with Crippen LogP contribution in [0, 0.1) is 6.92 Å². The number of anilines is 1. The lowest BCUT2D eigenvalue weighted by atomic mass is 9.97. The van der Waals surface area contributed by atoms with Crippen molar-refractivity contribution in [3.8, 4) is 0 Å². The number of pyridine rings is 1. The fraction of sp³-hybridized carbons (Fsp3) is 0.348. The maximum Gasteiger partial charge on any atom is 0.144 e. The van der Waals surface area contributed by atoms with Gasteiger partial charge in [0.05, 0.1) is 16.0 Å². The third kappa shape index (κ3) is 3.47. The second-order valence-corrected chi connectivity index (χ2v) is 9.37. The Labute approximate surface area is 173 Å². The minimum atomic E-state index is -0.825. The second kappa shape index (κ2) is 6.75. The molecule has 0 saturated heterocycles. The van der Waals surface area contributed by atoms with E-state index in [1.807, 2.05) is 30.5 Å². The van der Waals surface area contributed by atoms with E-state index < -0.39 is 5.60 Å². The number of aliphatic hydroxyl groups is 1. The second-order valence-electron chi connectivity index (χ2n) is 8.37. The molecule has 0 atom stereocenters. The molecule has 0 bridgehead atoms. The van der Waals surface area contributed by atoms with Crippen molar-refractivity contribution in [2.75, 3.05) is 5.32 Å². The maximum absolute atomic E-state index is 10.1. The van der Waals surface area contributed by atoms with Gasteiger partial charge in [0.1, 0.15) is 16.5 Å². The largest absolute Gasteiger partial charge is 0.386 e. The van der Waals surface area contributed by atoms with Crippen LogP contribution in [0.4, 0.5) is 5.82 Å². The van der Waals surface area contributed by atoms with Crippen molar-refractivity contribution in [2.24, 2.45) is 0 Å². The van der Waals surface area contributed by atoms with Crippen molar-refractivity contribution in [1.82, 2.24) is 15.0 Å². The summed E-state index contributed by atoms with van der Waals surface area (Å²) in [5, 5.41) is 15.9. The Kier molecular flexibility index (Phi) is 4.29. The van der Waals surface area contributed by atoms with E-state index in [1.165, 1.54) is 18.2 Å². The Hall–Kier alpha value is -2.57. The first-order chi connectivity index (χ1) is 13.9. The molecule has 0 unspecified atom stereocenters. The van der Waals surface area contributed by atoms with Crippen LogP contribution in [-0.4, -0.2) is 20.1 Å². The number of benzene rings is 1. The van der Waals surface area contributed by atoms with Crippen LogP contribution in [-0.2, 0) is 12.1 Å². The van der Waals surface area contributed by atoms with Gasteiger partial charge in [0, 0.05) is 29.4 Å². The van der Waals surface area contributed by atoms with Gasteiger partial charge in [-0.15, -0.1) is 11.3 Å². The molecule has 1 aliphatic rings. The van der Waals surface area contributed by atoms with Gasteiger partial charge in [-0.25, -0.2) is 15.0 Å². The summed E-state index contributed by atoms with van der Waals surface area (Å²) in [4.78, 5) is 15.3. The maximum atomic E-state index is 10.1. The molecule has 0 aliphatic heterocycles. The van der Waals surface area contributed by atoms with Crippen molar-refractivity contribution < 1.29 is 5.11 Å². The van der Waals surface area contributed by atoms with E-state index in [0.29, 0.717) is 12.5 Å². The van der Waals surface area contributed by atoms with Crippen molar-refractivity contribution in [3.63, 3.8) is 0 Å². The highest BCUT2D eigenvalue weighted by Gasteiger charge is 2.28. The third-order valence-corrected chi connectivity index (χ3v) is 6.62. The number of nitrogens with zero attached hydrogens (tertiary/aromatic N) is 3. The summed E-state index contributed by atoms with van der Waals surface area (Å²) in [7, 11) is 0. The molecular formula is C23H24N4OS. The molecule has 3 aromatic heterocycles. The number of hydrogen-bond acceptors (Lipinski definition) is 6. The average Bonchev–Trinajstić information content (AvgIpc) is 3.46. The van der Waals surface area contributed by atoms with E-state index in [1.54, 1.807) is 25.2 Å². The number of aryl methyl sites for hydroxylation is 1. The van der Waals surface area contributed by atoms with Crippen LogP contribution in [0.1, 0.15) is 55.3 Å². The van der Waals surface area contributed by atoms with Crippen molar-refractivity contribution in [2.45, 2.75) is 51.7 Å². The van der Waals surface area contributed by atoms with E-state index in [2.05, 4.69) is 23.3 Å². The Morgan fingerprint density at radius 2 is 1.90 bits per heavy atom. The Bertz CT molecular complexity index is 1200. The first-order valence-corrected chi connectivity index (χ1v) is 10.8. The lowest BCUT2D eigenvalue weighted by molar-refractivity contribution is 0.0786. The van der Waals surface area contributed by atoms with Crippen molar-refractivity contribution in [1.29, 1.82) is 0 Å². The van der Waals surface area contributed by atoms with Gasteiger partial charge in [0.2, 0.25) is 0 Å². The number of aromatic nitrogens is 3. The Morgan fingerprint density at radius 1 is 1.14 bits per heavy atom. The van der Waals surface area contributed by atoms with E-state index in [0.717, 1.165) is 43.4 Å². The lowest BCUT2D eigenvalue weighted by Crippen LogP contribution is -2.15. The smallest absolute Gasteiger partial charge is 0.144 e. The molecule has 4 aromatic rings. The number of rotatable bonds is 5. The zero-order valence-corrected chi connectivity index (χ0v) is 17.7. The SMILES string of the molecule is Cc1nc(C2CC2)nc2sc3c(NCc4ccc(C(C)(C)O)cc4)nccc3c12. The molecule has 1 aliphatic carbocycles. The van der Waals surface area contributed by atoms with Crippen LogP contribution in [0.25, 0.3) is 20.3 Å². The molecule has 0 radical (unpaired) electrons. The summed E-state index contributed by atoms with van der Waals surface area (Å²) >= 11 is 1.69. The number of thiophene rings is 1. The third-order valence-electron chi connectivity index (χ3n) is 5.51. The summed E-state index contributed by atoms with van der Waals surface area (Å²) in [5.74, 6) is 2.42. The number of hydrogen-bond donors (Lipinski definition) is 2. The first kappa shape index (κ1) is 18.5. The standard InChI is InChI=1S/C23H24N4OS/c1-13-18-17-10-11-24-21(19(17)29-22(18)27-20(26-13)15-6-7-15)25-12-14-4-8-16(9-5-14)23(2,3)28/h4-5,8-11,15,28H,6-7,12H2,1-3H3,(H,24,25). The number of nitrogens with one attached hydrogen (secondary N) is 1. The number of fused-ring (bicyclic) bond motifs is 3. The summed E-state index contributed by atoms with van der Waals surface area (Å²) in [6.07, 6.45) is 4.26. The predicted octanol–water partition coefficient (Wildman–Crippen LogP) is 5.26. The molecule has 5 rings (SSSR count). The monoisotopic (exact) mass is 404 g/mol. The molecule has 3 heterocycles. The van der Waals surface area contributed by atoms with Gasteiger partial charge < -0.3 is 10.4 Å². The summed E-state index contributed by atoms with van der Waals surface area (Å²) < 4.78 is 1.13. The van der Waals surface area contributed by atoms with Crippen LogP contribution in [0.3, 0.4) is 0 Å². The van der Waals surface area contributed by atoms with Gasteiger partial charge in [-0.3, -0.25) is 0 Å². The fourth-order valence-electron chi connectivity index (χ4n) is 3.66. The van der Waals surface area contributed by atoms with Gasteiger partial charge >= 0.3 is 0 Å². The van der Waals surface area contributed by atoms with Gasteiger partial charge in [0.25, 0.3) is 0 Å². The average molecular weight is 405 g/mol. The molecule has 148 valence electrons. The van der Waals surface area contributed by atoms with Crippen molar-refractivity contribution in [3.05, 3.63) is 59.2 Å².